The summed E-state index contributed by atoms with van der Waals surface area (Å²) in [4.78, 5) is 23.0. The maximum absolute atomic E-state index is 12.7. The van der Waals surface area contributed by atoms with E-state index in [9.17, 15) is 14.3 Å². The molecule has 0 aromatic carbocycles. The van der Waals surface area contributed by atoms with E-state index in [2.05, 4.69) is 62.5 Å². The summed E-state index contributed by atoms with van der Waals surface area (Å²) < 4.78 is 35.1. The lowest BCUT2D eigenvalue weighted by atomic mass is 10.0. The van der Waals surface area contributed by atoms with Gasteiger partial charge in [-0.1, -0.05) is 204 Å². The minimum atomic E-state index is -4.28. The number of esters is 1. The third kappa shape index (κ3) is 47.5. The first kappa shape index (κ1) is 58.5. The van der Waals surface area contributed by atoms with E-state index >= 15 is 0 Å². The van der Waals surface area contributed by atoms with Gasteiger partial charge in [0, 0.05) is 13.0 Å². The Labute approximate surface area is 371 Å². The highest BCUT2D eigenvalue weighted by Gasteiger charge is 2.26. The highest BCUT2D eigenvalue weighted by Crippen LogP contribution is 2.43. The van der Waals surface area contributed by atoms with Crippen LogP contribution in [0.25, 0.3) is 0 Å². The summed E-state index contributed by atoms with van der Waals surface area (Å²) in [7, 11) is 1.66. The quantitative estimate of drug-likeness (QED) is 0.0214. The van der Waals surface area contributed by atoms with Gasteiger partial charge in [-0.15, -0.1) is 0 Å². The fourth-order valence-electron chi connectivity index (χ4n) is 6.84. The molecule has 2 unspecified atom stereocenters. The number of phosphoric acid groups is 1. The van der Waals surface area contributed by atoms with Gasteiger partial charge in [-0.3, -0.25) is 13.8 Å². The number of nitrogens with zero attached hydrogens (tertiary/aromatic N) is 1. The second kappa shape index (κ2) is 44.1. The smallest absolute Gasteiger partial charge is 0.457 e. The Balaban J connectivity index is 4.17. The molecule has 0 saturated carbocycles. The number of hydrogen-bond acceptors (Lipinski definition) is 6. The van der Waals surface area contributed by atoms with Gasteiger partial charge in [0.2, 0.25) is 0 Å². The van der Waals surface area contributed by atoms with Crippen LogP contribution in [0.4, 0.5) is 0 Å². The van der Waals surface area contributed by atoms with Crippen molar-refractivity contribution in [1.82, 2.24) is 0 Å². The topological polar surface area (TPSA) is 91.3 Å². The van der Waals surface area contributed by atoms with Crippen LogP contribution in [-0.4, -0.2) is 75.6 Å². The average molecular weight is 867 g/mol. The molecule has 0 saturated heterocycles. The summed E-state index contributed by atoms with van der Waals surface area (Å²) >= 11 is 0. The molecule has 8 nitrogen and oxygen atoms in total. The standard InChI is InChI=1S/C51H96NO7P/c1-6-8-10-12-14-16-18-20-22-24-26-27-29-31-33-35-37-39-41-43-46-56-48-50(49-58-60(54,55)57-47-45-52(3,4)5)59-51(53)44-42-40-38-36-34-32-30-28-25-23-21-19-17-15-13-11-9-7-2/h8,10,14,16,20,22,26-27,50H,6-7,9,11-13,15,17-19,21,23-25,28-49H2,1-5H3/p+1/b10-8-,16-14-,22-20-,27-26-. The summed E-state index contributed by atoms with van der Waals surface area (Å²) in [6.07, 6.45) is 54.3. The van der Waals surface area contributed by atoms with E-state index < -0.39 is 13.9 Å². The minimum Gasteiger partial charge on any atom is -0.457 e. The number of allylic oxidation sites excluding steroid dienone is 8. The van der Waals surface area contributed by atoms with E-state index in [0.29, 0.717) is 24.1 Å². The Morgan fingerprint density at radius 2 is 0.967 bits per heavy atom. The van der Waals surface area contributed by atoms with E-state index in [-0.39, 0.29) is 25.8 Å². The second-order valence-corrected chi connectivity index (χ2v) is 19.3. The molecular weight excluding hydrogens is 770 g/mol. The minimum absolute atomic E-state index is 0.0862. The first-order chi connectivity index (χ1) is 29.1. The van der Waals surface area contributed by atoms with Gasteiger partial charge >= 0.3 is 13.8 Å². The van der Waals surface area contributed by atoms with Gasteiger partial charge in [0.25, 0.3) is 0 Å². The zero-order valence-corrected chi connectivity index (χ0v) is 40.8. The number of carbonyl (C=O) groups excluding carboxylic acids is 1. The molecule has 0 heterocycles. The van der Waals surface area contributed by atoms with Crippen molar-refractivity contribution in [3.8, 4) is 0 Å². The van der Waals surface area contributed by atoms with E-state index in [1.807, 2.05) is 21.1 Å². The zero-order chi connectivity index (χ0) is 44.1. The van der Waals surface area contributed by atoms with E-state index in [4.69, 9.17) is 18.5 Å². The van der Waals surface area contributed by atoms with Crippen molar-refractivity contribution in [1.29, 1.82) is 0 Å². The van der Waals surface area contributed by atoms with Crippen LogP contribution in [0.5, 0.6) is 0 Å². The monoisotopic (exact) mass is 867 g/mol. The van der Waals surface area contributed by atoms with Crippen LogP contribution in [-0.2, 0) is 27.9 Å². The van der Waals surface area contributed by atoms with Crippen LogP contribution in [0.3, 0.4) is 0 Å². The third-order valence-corrected chi connectivity index (χ3v) is 11.6. The molecule has 60 heavy (non-hydrogen) atoms. The van der Waals surface area contributed by atoms with Crippen LogP contribution in [0.2, 0.25) is 0 Å². The van der Waals surface area contributed by atoms with E-state index in [1.54, 1.807) is 0 Å². The summed E-state index contributed by atoms with van der Waals surface area (Å²) in [5.41, 5.74) is 0. The number of likely N-dealkylation sites (N-methyl/N-ethyl adjacent to an activating group) is 1. The lowest BCUT2D eigenvalue weighted by molar-refractivity contribution is -0.870. The summed E-state index contributed by atoms with van der Waals surface area (Å²) in [6, 6.07) is 0. The van der Waals surface area contributed by atoms with Crippen LogP contribution in [0.15, 0.2) is 48.6 Å². The summed E-state index contributed by atoms with van der Waals surface area (Å²) in [5.74, 6) is -0.315. The van der Waals surface area contributed by atoms with Crippen molar-refractivity contribution in [3.05, 3.63) is 48.6 Å². The predicted molar refractivity (Wildman–Crippen MR) is 256 cm³/mol. The van der Waals surface area contributed by atoms with Crippen LogP contribution < -0.4 is 0 Å². The average Bonchev–Trinajstić information content (AvgIpc) is 3.20. The van der Waals surface area contributed by atoms with Crippen LogP contribution in [0.1, 0.15) is 213 Å². The highest BCUT2D eigenvalue weighted by molar-refractivity contribution is 7.47. The second-order valence-electron chi connectivity index (χ2n) is 17.8. The number of carbonyl (C=O) groups is 1. The van der Waals surface area contributed by atoms with E-state index in [0.717, 1.165) is 64.2 Å². The molecule has 0 aromatic rings. The molecule has 0 amide bonds. The molecule has 352 valence electrons. The van der Waals surface area contributed by atoms with Crippen molar-refractivity contribution in [2.75, 3.05) is 54.1 Å². The molecule has 0 aliphatic carbocycles. The van der Waals surface area contributed by atoms with Crippen LogP contribution >= 0.6 is 7.82 Å². The first-order valence-electron chi connectivity index (χ1n) is 24.9. The number of ether oxygens (including phenoxy) is 2. The number of quaternary nitrogens is 1. The van der Waals surface area contributed by atoms with Crippen molar-refractivity contribution < 1.29 is 37.3 Å². The predicted octanol–water partition coefficient (Wildman–Crippen LogP) is 15.1. The number of hydrogen-bond donors (Lipinski definition) is 1. The molecule has 0 spiro atoms. The van der Waals surface area contributed by atoms with Gasteiger partial charge in [-0.25, -0.2) is 4.57 Å². The molecule has 0 aromatic heterocycles. The highest BCUT2D eigenvalue weighted by atomic mass is 31.2. The Bertz CT molecular complexity index is 1100. The lowest BCUT2D eigenvalue weighted by Crippen LogP contribution is -2.37. The molecule has 0 rings (SSSR count). The van der Waals surface area contributed by atoms with E-state index in [1.165, 1.54) is 128 Å². The molecule has 0 aliphatic rings. The number of phosphoric ester groups is 1. The molecular formula is C51H97NO7P+. The largest absolute Gasteiger partial charge is 0.472 e. The molecule has 0 bridgehead atoms. The van der Waals surface area contributed by atoms with Crippen molar-refractivity contribution in [2.24, 2.45) is 0 Å². The molecule has 0 radical (unpaired) electrons. The normalized spacial score (nSPS) is 14.0. The molecule has 9 heteroatoms. The van der Waals surface area contributed by atoms with Crippen molar-refractivity contribution in [2.45, 2.75) is 219 Å². The fourth-order valence-corrected chi connectivity index (χ4v) is 7.58. The van der Waals surface area contributed by atoms with Gasteiger partial charge in [-0.05, 0) is 51.4 Å². The Hall–Kier alpha value is -1.54. The van der Waals surface area contributed by atoms with Gasteiger partial charge in [0.15, 0.2) is 0 Å². The summed E-state index contributed by atoms with van der Waals surface area (Å²) in [6.45, 7) is 5.51. The van der Waals surface area contributed by atoms with Gasteiger partial charge < -0.3 is 18.9 Å². The SMILES string of the molecule is CC/C=C\C/C=C\C/C=C\C/C=C\CCCCCCCCCOCC(COP(=O)(O)OCC[N+](C)(C)C)OC(=O)CCCCCCCCCCCCCCCCCCCC. The third-order valence-electron chi connectivity index (χ3n) is 10.7. The number of unbranched alkanes of at least 4 members (excludes halogenated alkanes) is 24. The number of rotatable bonds is 46. The Kier molecular flexibility index (Phi) is 43.0. The van der Waals surface area contributed by atoms with Gasteiger partial charge in [0.1, 0.15) is 19.3 Å². The molecule has 1 N–H and O–H groups in total. The van der Waals surface area contributed by atoms with Crippen LogP contribution in [0, 0.1) is 0 Å². The van der Waals surface area contributed by atoms with Crippen molar-refractivity contribution >= 4 is 13.8 Å². The van der Waals surface area contributed by atoms with Gasteiger partial charge in [0.05, 0.1) is 34.4 Å². The van der Waals surface area contributed by atoms with Gasteiger partial charge in [-0.2, -0.15) is 0 Å². The van der Waals surface area contributed by atoms with Crippen molar-refractivity contribution in [3.63, 3.8) is 0 Å². The molecule has 2 atom stereocenters. The summed E-state index contributed by atoms with van der Waals surface area (Å²) in [5, 5.41) is 0. The lowest BCUT2D eigenvalue weighted by Gasteiger charge is -2.24. The fraction of sp³-hybridized carbons (Fsp3) is 0.824. The molecule has 0 aliphatic heterocycles. The molecule has 0 fully saturated rings. The maximum atomic E-state index is 12.7. The Morgan fingerprint density at radius 1 is 0.533 bits per heavy atom. The zero-order valence-electron chi connectivity index (χ0n) is 39.9. The Morgan fingerprint density at radius 3 is 1.45 bits per heavy atom. The maximum Gasteiger partial charge on any atom is 0.472 e. The first-order valence-corrected chi connectivity index (χ1v) is 26.4.